The molecule has 0 atom stereocenters. The molecule has 1 N–H and O–H groups in total. The molecule has 1 aromatic carbocycles. The summed E-state index contributed by atoms with van der Waals surface area (Å²) in [4.78, 5) is 4.56. The first-order valence-corrected chi connectivity index (χ1v) is 7.30. The molecule has 0 aliphatic rings. The number of para-hydroxylation sites is 1. The fourth-order valence-corrected chi connectivity index (χ4v) is 2.16. The molecule has 0 bridgehead atoms. The third-order valence-electron chi connectivity index (χ3n) is 3.14. The number of ether oxygens (including phenoxy) is 1. The fourth-order valence-electron chi connectivity index (χ4n) is 2.16. The maximum atomic E-state index is 6.00. The molecule has 0 unspecified atom stereocenters. The predicted molar refractivity (Wildman–Crippen MR) is 87.6 cm³/mol. The van der Waals surface area contributed by atoms with Gasteiger partial charge in [-0.05, 0) is 38.1 Å². The molecule has 0 fully saturated rings. The Kier molecular flexibility index (Phi) is 5.52. The number of aromatic nitrogens is 1. The molecule has 1 aromatic heterocycles. The Morgan fingerprint density at radius 2 is 2.05 bits per heavy atom. The molecule has 1 heterocycles. The first kappa shape index (κ1) is 15.3. The molecule has 0 saturated carbocycles. The average Bonchev–Trinajstić information content (AvgIpc) is 2.49. The van der Waals surface area contributed by atoms with Crippen LogP contribution in [0.15, 0.2) is 42.5 Å². The molecule has 0 saturated heterocycles. The summed E-state index contributed by atoms with van der Waals surface area (Å²) >= 11 is 0. The van der Waals surface area contributed by atoms with Gasteiger partial charge >= 0.3 is 0 Å². The van der Waals surface area contributed by atoms with Crippen molar-refractivity contribution in [3.8, 4) is 11.6 Å². The normalized spacial score (nSPS) is 11.0. The molecule has 21 heavy (non-hydrogen) atoms. The highest BCUT2D eigenvalue weighted by Gasteiger charge is 2.06. The van der Waals surface area contributed by atoms with Crippen molar-refractivity contribution in [2.24, 2.45) is 0 Å². The zero-order valence-corrected chi connectivity index (χ0v) is 12.9. The van der Waals surface area contributed by atoms with E-state index < -0.39 is 0 Å². The maximum absolute atomic E-state index is 6.00. The van der Waals surface area contributed by atoms with E-state index >= 15 is 0 Å². The van der Waals surface area contributed by atoms with Gasteiger partial charge in [-0.25, -0.2) is 4.98 Å². The lowest BCUT2D eigenvalue weighted by Crippen LogP contribution is -2.06. The number of benzene rings is 1. The van der Waals surface area contributed by atoms with Gasteiger partial charge in [0.15, 0.2) is 0 Å². The molecule has 0 aliphatic heterocycles. The highest BCUT2D eigenvalue weighted by molar-refractivity contribution is 5.57. The van der Waals surface area contributed by atoms with Crippen molar-refractivity contribution < 1.29 is 4.74 Å². The average molecular weight is 282 g/mol. The van der Waals surface area contributed by atoms with E-state index in [0.717, 1.165) is 30.0 Å². The minimum Gasteiger partial charge on any atom is -0.438 e. The summed E-state index contributed by atoms with van der Waals surface area (Å²) < 4.78 is 6.00. The number of nitrogens with zero attached hydrogens (tertiary/aromatic N) is 1. The zero-order chi connectivity index (χ0) is 15.1. The summed E-state index contributed by atoms with van der Waals surface area (Å²) in [6.45, 7) is 4.91. The van der Waals surface area contributed by atoms with Crippen LogP contribution in [0, 0.1) is 0 Å². The first-order valence-electron chi connectivity index (χ1n) is 7.30. The van der Waals surface area contributed by atoms with Crippen molar-refractivity contribution in [2.75, 3.05) is 7.05 Å². The highest BCUT2D eigenvalue weighted by Crippen LogP contribution is 2.26. The van der Waals surface area contributed by atoms with Crippen LogP contribution >= 0.6 is 0 Å². The summed E-state index contributed by atoms with van der Waals surface area (Å²) in [6.07, 6.45) is 4.93. The Labute approximate surface area is 126 Å². The number of allylic oxidation sites excluding steroid dienone is 1. The van der Waals surface area contributed by atoms with Gasteiger partial charge in [-0.15, -0.1) is 0 Å². The molecule has 0 aliphatic carbocycles. The number of hydrogen-bond acceptors (Lipinski definition) is 3. The molecular formula is C18H22N2O. The quantitative estimate of drug-likeness (QED) is 0.862. The number of nitrogens with one attached hydrogen (secondary N) is 1. The minimum atomic E-state index is 0.650. The van der Waals surface area contributed by atoms with Crippen LogP contribution in [-0.4, -0.2) is 12.0 Å². The van der Waals surface area contributed by atoms with Gasteiger partial charge in [-0.3, -0.25) is 0 Å². The van der Waals surface area contributed by atoms with E-state index in [9.17, 15) is 0 Å². The number of rotatable bonds is 6. The molecule has 0 amide bonds. The maximum Gasteiger partial charge on any atom is 0.219 e. The van der Waals surface area contributed by atoms with Crippen LogP contribution in [0.1, 0.15) is 30.7 Å². The van der Waals surface area contributed by atoms with Gasteiger partial charge < -0.3 is 10.1 Å². The Hall–Kier alpha value is -2.13. The van der Waals surface area contributed by atoms with Crippen LogP contribution in [0.3, 0.4) is 0 Å². The second-order valence-corrected chi connectivity index (χ2v) is 4.83. The second kappa shape index (κ2) is 7.60. The zero-order valence-electron chi connectivity index (χ0n) is 12.9. The molecule has 0 spiro atoms. The minimum absolute atomic E-state index is 0.650. The fraction of sp³-hybridized carbons (Fsp3) is 0.278. The van der Waals surface area contributed by atoms with E-state index in [2.05, 4.69) is 23.3 Å². The van der Waals surface area contributed by atoms with Crippen LogP contribution in [0.25, 0.3) is 6.08 Å². The van der Waals surface area contributed by atoms with E-state index in [1.165, 1.54) is 5.56 Å². The lowest BCUT2D eigenvalue weighted by Gasteiger charge is -2.11. The van der Waals surface area contributed by atoms with Crippen LogP contribution in [0.4, 0.5) is 0 Å². The standard InChI is InChI=1S/C18H22N2O/c1-4-8-15-9-6-7-10-17(15)21-18-12-14(13-19-3)11-16(5-2)20-18/h4,6-12,19H,5,13H2,1-3H3/b8-4+. The molecule has 2 aromatic rings. The Morgan fingerprint density at radius 1 is 1.24 bits per heavy atom. The van der Waals surface area contributed by atoms with Gasteiger partial charge in [0.25, 0.3) is 0 Å². The monoisotopic (exact) mass is 282 g/mol. The van der Waals surface area contributed by atoms with E-state index in [1.54, 1.807) is 0 Å². The summed E-state index contributed by atoms with van der Waals surface area (Å²) in [5.41, 5.74) is 3.28. The summed E-state index contributed by atoms with van der Waals surface area (Å²) in [6, 6.07) is 12.1. The highest BCUT2D eigenvalue weighted by atomic mass is 16.5. The van der Waals surface area contributed by atoms with Gasteiger partial charge in [0, 0.05) is 23.9 Å². The van der Waals surface area contributed by atoms with Gasteiger partial charge in [0.05, 0.1) is 0 Å². The Morgan fingerprint density at radius 3 is 2.76 bits per heavy atom. The smallest absolute Gasteiger partial charge is 0.219 e. The summed E-state index contributed by atoms with van der Waals surface area (Å²) in [5.74, 6) is 1.48. The SMILES string of the molecule is C/C=C/c1ccccc1Oc1cc(CNC)cc(CC)n1. The van der Waals surface area contributed by atoms with Crippen molar-refractivity contribution in [1.29, 1.82) is 0 Å². The van der Waals surface area contributed by atoms with Crippen LogP contribution in [0.2, 0.25) is 0 Å². The Balaban J connectivity index is 2.32. The molecule has 0 radical (unpaired) electrons. The molecule has 110 valence electrons. The van der Waals surface area contributed by atoms with Crippen LogP contribution in [-0.2, 0) is 13.0 Å². The van der Waals surface area contributed by atoms with E-state index in [-0.39, 0.29) is 0 Å². The number of pyridine rings is 1. The van der Waals surface area contributed by atoms with Crippen molar-refractivity contribution in [3.63, 3.8) is 0 Å². The van der Waals surface area contributed by atoms with Crippen molar-refractivity contribution in [2.45, 2.75) is 26.8 Å². The van der Waals surface area contributed by atoms with Crippen molar-refractivity contribution >= 4 is 6.08 Å². The summed E-state index contributed by atoms with van der Waals surface area (Å²) in [5, 5.41) is 3.16. The lowest BCUT2D eigenvalue weighted by molar-refractivity contribution is 0.458. The van der Waals surface area contributed by atoms with Crippen molar-refractivity contribution in [3.05, 3.63) is 59.3 Å². The van der Waals surface area contributed by atoms with E-state index in [0.29, 0.717) is 5.88 Å². The second-order valence-electron chi connectivity index (χ2n) is 4.83. The van der Waals surface area contributed by atoms with Gasteiger partial charge in [-0.1, -0.05) is 37.3 Å². The molecule has 3 heteroatoms. The molecular weight excluding hydrogens is 260 g/mol. The lowest BCUT2D eigenvalue weighted by atomic mass is 10.2. The Bertz CT molecular complexity index is 620. The van der Waals surface area contributed by atoms with E-state index in [1.807, 2.05) is 56.5 Å². The summed E-state index contributed by atoms with van der Waals surface area (Å²) in [7, 11) is 1.94. The van der Waals surface area contributed by atoms with E-state index in [4.69, 9.17) is 4.74 Å². The van der Waals surface area contributed by atoms with Gasteiger partial charge in [-0.2, -0.15) is 0 Å². The van der Waals surface area contributed by atoms with Crippen LogP contribution in [0.5, 0.6) is 11.6 Å². The van der Waals surface area contributed by atoms with Gasteiger partial charge in [0.2, 0.25) is 5.88 Å². The third kappa shape index (κ3) is 4.17. The largest absolute Gasteiger partial charge is 0.438 e. The molecule has 2 rings (SSSR count). The van der Waals surface area contributed by atoms with Crippen LogP contribution < -0.4 is 10.1 Å². The predicted octanol–water partition coefficient (Wildman–Crippen LogP) is 4.19. The number of aryl methyl sites for hydroxylation is 1. The van der Waals surface area contributed by atoms with Crippen molar-refractivity contribution in [1.82, 2.24) is 10.3 Å². The molecule has 3 nitrogen and oxygen atoms in total. The number of hydrogen-bond donors (Lipinski definition) is 1. The first-order chi connectivity index (χ1) is 10.3. The topological polar surface area (TPSA) is 34.1 Å². The third-order valence-corrected chi connectivity index (χ3v) is 3.14. The van der Waals surface area contributed by atoms with Gasteiger partial charge in [0.1, 0.15) is 5.75 Å².